The molecule has 0 radical (unpaired) electrons. The van der Waals surface area contributed by atoms with Crippen molar-refractivity contribution in [3.05, 3.63) is 46.6 Å². The molecule has 4 nitrogen and oxygen atoms in total. The highest BCUT2D eigenvalue weighted by atomic mass is 79.9. The first-order valence-corrected chi connectivity index (χ1v) is 7.12. The van der Waals surface area contributed by atoms with Crippen molar-refractivity contribution in [1.82, 2.24) is 9.97 Å². The fourth-order valence-corrected chi connectivity index (χ4v) is 2.07. The van der Waals surface area contributed by atoms with E-state index >= 15 is 0 Å². The molecule has 0 aliphatic carbocycles. The van der Waals surface area contributed by atoms with Crippen LogP contribution in [0.3, 0.4) is 0 Å². The highest BCUT2D eigenvalue weighted by Crippen LogP contribution is 2.13. The number of hydrogen-bond acceptors (Lipinski definition) is 4. The van der Waals surface area contributed by atoms with E-state index in [1.165, 1.54) is 5.56 Å². The number of nitrogens with zero attached hydrogens (tertiary/aromatic N) is 2. The van der Waals surface area contributed by atoms with Crippen LogP contribution >= 0.6 is 15.9 Å². The monoisotopic (exact) mass is 320 g/mol. The Morgan fingerprint density at radius 2 is 2.11 bits per heavy atom. The van der Waals surface area contributed by atoms with Crippen LogP contribution in [0.4, 0.5) is 11.8 Å². The summed E-state index contributed by atoms with van der Waals surface area (Å²) >= 11 is 3.47. The Bertz CT molecular complexity index is 530. The Morgan fingerprint density at radius 1 is 1.21 bits per heavy atom. The topological polar surface area (TPSA) is 49.8 Å². The maximum Gasteiger partial charge on any atom is 0.224 e. The van der Waals surface area contributed by atoms with Crippen LogP contribution in [0.1, 0.15) is 18.9 Å². The number of rotatable bonds is 6. The third kappa shape index (κ3) is 4.52. The van der Waals surface area contributed by atoms with Gasteiger partial charge in [0, 0.05) is 23.8 Å². The van der Waals surface area contributed by atoms with E-state index in [0.29, 0.717) is 5.95 Å². The van der Waals surface area contributed by atoms with Crippen LogP contribution < -0.4 is 10.6 Å². The summed E-state index contributed by atoms with van der Waals surface area (Å²) in [5.74, 6) is 1.50. The standard InChI is InChI=1S/C14H17BrN4/c1-2-7-16-14-17-8-6-13(19-14)18-10-11-4-3-5-12(15)9-11/h3-6,8-9H,2,7,10H2,1H3,(H2,16,17,18,19). The van der Waals surface area contributed by atoms with Crippen LogP contribution in [0.25, 0.3) is 0 Å². The van der Waals surface area contributed by atoms with Crippen molar-refractivity contribution in [3.63, 3.8) is 0 Å². The summed E-state index contributed by atoms with van der Waals surface area (Å²) < 4.78 is 1.08. The zero-order valence-electron chi connectivity index (χ0n) is 10.9. The maximum atomic E-state index is 4.40. The van der Waals surface area contributed by atoms with Crippen LogP contribution in [0.5, 0.6) is 0 Å². The van der Waals surface area contributed by atoms with Gasteiger partial charge in [0.2, 0.25) is 5.95 Å². The molecule has 19 heavy (non-hydrogen) atoms. The number of anilines is 2. The van der Waals surface area contributed by atoms with Crippen molar-refractivity contribution in [2.75, 3.05) is 17.2 Å². The second kappa shape index (κ2) is 7.09. The molecule has 0 unspecified atom stereocenters. The number of aromatic nitrogens is 2. The summed E-state index contributed by atoms with van der Waals surface area (Å²) in [6.45, 7) is 3.74. The number of nitrogens with one attached hydrogen (secondary N) is 2. The van der Waals surface area contributed by atoms with Crippen LogP contribution in [0.15, 0.2) is 41.0 Å². The molecule has 0 fully saturated rings. The van der Waals surface area contributed by atoms with Crippen molar-refractivity contribution in [2.45, 2.75) is 19.9 Å². The Kier molecular flexibility index (Phi) is 5.15. The van der Waals surface area contributed by atoms with E-state index in [9.17, 15) is 0 Å². The van der Waals surface area contributed by atoms with Crippen LogP contribution in [0.2, 0.25) is 0 Å². The van der Waals surface area contributed by atoms with Gasteiger partial charge >= 0.3 is 0 Å². The predicted molar refractivity (Wildman–Crippen MR) is 82.3 cm³/mol. The molecule has 0 bridgehead atoms. The summed E-state index contributed by atoms with van der Waals surface area (Å²) in [4.78, 5) is 8.58. The summed E-state index contributed by atoms with van der Waals surface area (Å²) in [5.41, 5.74) is 1.20. The molecule has 1 aromatic carbocycles. The largest absolute Gasteiger partial charge is 0.366 e. The van der Waals surface area contributed by atoms with Crippen molar-refractivity contribution < 1.29 is 0 Å². The highest BCUT2D eigenvalue weighted by Gasteiger charge is 1.99. The molecule has 2 aromatic rings. The van der Waals surface area contributed by atoms with E-state index in [0.717, 1.165) is 29.8 Å². The average molecular weight is 321 g/mol. The Balaban J connectivity index is 1.95. The first-order chi connectivity index (χ1) is 9.28. The fourth-order valence-electron chi connectivity index (χ4n) is 1.62. The molecular weight excluding hydrogens is 304 g/mol. The van der Waals surface area contributed by atoms with Crippen molar-refractivity contribution in [1.29, 1.82) is 0 Å². The number of halogens is 1. The van der Waals surface area contributed by atoms with Gasteiger partial charge in [0.15, 0.2) is 0 Å². The Morgan fingerprint density at radius 3 is 2.89 bits per heavy atom. The highest BCUT2D eigenvalue weighted by molar-refractivity contribution is 9.10. The minimum atomic E-state index is 0.668. The molecule has 100 valence electrons. The van der Waals surface area contributed by atoms with Crippen molar-refractivity contribution >= 4 is 27.7 Å². The van der Waals surface area contributed by atoms with Gasteiger partial charge in [-0.2, -0.15) is 4.98 Å². The molecule has 0 amide bonds. The number of hydrogen-bond donors (Lipinski definition) is 2. The van der Waals surface area contributed by atoms with Gasteiger partial charge in [0.25, 0.3) is 0 Å². The van der Waals surface area contributed by atoms with Gasteiger partial charge in [-0.15, -0.1) is 0 Å². The minimum absolute atomic E-state index is 0.668. The molecular formula is C14H17BrN4. The predicted octanol–water partition coefficient (Wildman–Crippen LogP) is 3.67. The molecule has 0 aliphatic rings. The van der Waals surface area contributed by atoms with E-state index in [2.05, 4.69) is 55.6 Å². The Hall–Kier alpha value is -1.62. The van der Waals surface area contributed by atoms with Crippen molar-refractivity contribution in [2.24, 2.45) is 0 Å². The van der Waals surface area contributed by atoms with Gasteiger partial charge in [-0.3, -0.25) is 0 Å². The van der Waals surface area contributed by atoms with E-state index in [4.69, 9.17) is 0 Å². The smallest absolute Gasteiger partial charge is 0.224 e. The van der Waals surface area contributed by atoms with Gasteiger partial charge in [-0.25, -0.2) is 4.98 Å². The van der Waals surface area contributed by atoms with E-state index in [1.54, 1.807) is 6.20 Å². The van der Waals surface area contributed by atoms with Gasteiger partial charge in [-0.05, 0) is 30.2 Å². The van der Waals surface area contributed by atoms with Gasteiger partial charge in [0.05, 0.1) is 0 Å². The van der Waals surface area contributed by atoms with Gasteiger partial charge < -0.3 is 10.6 Å². The molecule has 1 heterocycles. The van der Waals surface area contributed by atoms with Crippen LogP contribution in [0, 0.1) is 0 Å². The summed E-state index contributed by atoms with van der Waals surface area (Å²) in [6.07, 6.45) is 2.81. The van der Waals surface area contributed by atoms with E-state index < -0.39 is 0 Å². The lowest BCUT2D eigenvalue weighted by Gasteiger charge is -2.08. The molecule has 0 aliphatic heterocycles. The van der Waals surface area contributed by atoms with Crippen LogP contribution in [-0.4, -0.2) is 16.5 Å². The van der Waals surface area contributed by atoms with Crippen molar-refractivity contribution in [3.8, 4) is 0 Å². The second-order valence-corrected chi connectivity index (χ2v) is 5.09. The number of benzene rings is 1. The van der Waals surface area contributed by atoms with Crippen LogP contribution in [-0.2, 0) is 6.54 Å². The zero-order chi connectivity index (χ0) is 13.5. The lowest BCUT2D eigenvalue weighted by atomic mass is 10.2. The molecule has 5 heteroatoms. The first kappa shape index (κ1) is 13.8. The molecule has 0 spiro atoms. The summed E-state index contributed by atoms with van der Waals surface area (Å²) in [6, 6.07) is 10.1. The van der Waals surface area contributed by atoms with Gasteiger partial charge in [-0.1, -0.05) is 35.0 Å². The fraction of sp³-hybridized carbons (Fsp3) is 0.286. The minimum Gasteiger partial charge on any atom is -0.366 e. The average Bonchev–Trinajstić information content (AvgIpc) is 2.43. The lowest BCUT2D eigenvalue weighted by Crippen LogP contribution is -2.07. The molecule has 0 atom stereocenters. The summed E-state index contributed by atoms with van der Waals surface area (Å²) in [5, 5.41) is 6.47. The third-order valence-electron chi connectivity index (χ3n) is 2.55. The SMILES string of the molecule is CCCNc1nccc(NCc2cccc(Br)c2)n1. The quantitative estimate of drug-likeness (QED) is 0.852. The van der Waals surface area contributed by atoms with Gasteiger partial charge in [0.1, 0.15) is 5.82 Å². The maximum absolute atomic E-state index is 4.40. The second-order valence-electron chi connectivity index (χ2n) is 4.18. The molecule has 1 aromatic heterocycles. The third-order valence-corrected chi connectivity index (χ3v) is 3.04. The van der Waals surface area contributed by atoms with E-state index in [1.807, 2.05) is 18.2 Å². The zero-order valence-corrected chi connectivity index (χ0v) is 12.4. The molecule has 0 saturated heterocycles. The molecule has 2 N–H and O–H groups in total. The van der Waals surface area contributed by atoms with E-state index in [-0.39, 0.29) is 0 Å². The Labute approximate surface area is 121 Å². The molecule has 2 rings (SSSR count). The summed E-state index contributed by atoms with van der Waals surface area (Å²) in [7, 11) is 0. The molecule has 0 saturated carbocycles. The normalized spacial score (nSPS) is 10.2. The first-order valence-electron chi connectivity index (χ1n) is 6.33. The lowest BCUT2D eigenvalue weighted by molar-refractivity contribution is 0.950.